The molecule has 0 amide bonds. The molecule has 28 heavy (non-hydrogen) atoms. The molecule has 2 unspecified atom stereocenters. The Labute approximate surface area is 166 Å². The molecule has 0 aliphatic heterocycles. The van der Waals surface area contributed by atoms with Crippen LogP contribution in [0.1, 0.15) is 67.7 Å². The van der Waals surface area contributed by atoms with E-state index in [1.165, 1.54) is 12.8 Å². The van der Waals surface area contributed by atoms with Crippen molar-refractivity contribution >= 4 is 0 Å². The first-order chi connectivity index (χ1) is 13.7. The third-order valence-electron chi connectivity index (χ3n) is 5.86. The second-order valence-corrected chi connectivity index (χ2v) is 7.89. The molecular formula is C22H30N4O2. The van der Waals surface area contributed by atoms with E-state index < -0.39 is 0 Å². The third-order valence-corrected chi connectivity index (χ3v) is 5.86. The van der Waals surface area contributed by atoms with Crippen molar-refractivity contribution in [2.45, 2.75) is 76.2 Å². The van der Waals surface area contributed by atoms with Gasteiger partial charge in [-0.25, -0.2) is 9.97 Å². The maximum Gasteiger partial charge on any atom is 0.218 e. The first-order valence-corrected chi connectivity index (χ1v) is 10.4. The van der Waals surface area contributed by atoms with Gasteiger partial charge in [0, 0.05) is 42.5 Å². The van der Waals surface area contributed by atoms with E-state index in [0.717, 1.165) is 54.8 Å². The van der Waals surface area contributed by atoms with Crippen molar-refractivity contribution in [3.05, 3.63) is 47.3 Å². The molecular weight excluding hydrogens is 352 g/mol. The summed E-state index contributed by atoms with van der Waals surface area (Å²) in [7, 11) is 0. The average Bonchev–Trinajstić information content (AvgIpc) is 3.40. The highest BCUT2D eigenvalue weighted by molar-refractivity contribution is 5.29. The highest BCUT2D eigenvalue weighted by Gasteiger charge is 2.30. The molecule has 2 aliphatic rings. The molecule has 2 fully saturated rings. The van der Waals surface area contributed by atoms with Gasteiger partial charge in [-0.3, -0.25) is 0 Å². The van der Waals surface area contributed by atoms with Crippen molar-refractivity contribution in [2.24, 2.45) is 11.5 Å². The molecule has 2 aromatic rings. The summed E-state index contributed by atoms with van der Waals surface area (Å²) in [5.41, 5.74) is 14.8. The molecule has 6 heteroatoms. The summed E-state index contributed by atoms with van der Waals surface area (Å²) in [5, 5.41) is 0. The van der Waals surface area contributed by atoms with E-state index >= 15 is 0 Å². The van der Waals surface area contributed by atoms with Crippen molar-refractivity contribution in [1.29, 1.82) is 0 Å². The molecule has 0 spiro atoms. The van der Waals surface area contributed by atoms with Crippen LogP contribution in [0.25, 0.3) is 0 Å². The van der Waals surface area contributed by atoms with Crippen LogP contribution in [0.15, 0.2) is 30.5 Å². The van der Waals surface area contributed by atoms with Crippen LogP contribution in [0.2, 0.25) is 0 Å². The Balaban J connectivity index is 1.45. The van der Waals surface area contributed by atoms with Crippen molar-refractivity contribution < 1.29 is 9.47 Å². The van der Waals surface area contributed by atoms with Gasteiger partial charge < -0.3 is 20.9 Å². The van der Waals surface area contributed by atoms with Crippen molar-refractivity contribution in [3.63, 3.8) is 0 Å². The number of rotatable bonds is 7. The Hall–Kier alpha value is -2.18. The minimum absolute atomic E-state index is 0.132. The largest absolute Gasteiger partial charge is 0.474 e. The molecule has 0 bridgehead atoms. The molecule has 0 aromatic carbocycles. The van der Waals surface area contributed by atoms with Gasteiger partial charge in [0.2, 0.25) is 11.8 Å². The van der Waals surface area contributed by atoms with E-state index in [9.17, 15) is 0 Å². The lowest BCUT2D eigenvalue weighted by Crippen LogP contribution is -2.16. The molecule has 6 nitrogen and oxygen atoms in total. The lowest BCUT2D eigenvalue weighted by atomic mass is 10.0. The second kappa shape index (κ2) is 8.88. The standard InChI is InChI=1S/C22H30N4O2/c23-13-15-10-20(26-21(11-15)27-18-5-1-2-6-18)16-7-8-19(12-16)28-22-17(14-24)4-3-9-25-22/h3-4,9-11,16,18-19H,1-2,5-8,12-14,23-24H2. The summed E-state index contributed by atoms with van der Waals surface area (Å²) in [5.74, 6) is 1.74. The number of ether oxygens (including phenoxy) is 2. The fourth-order valence-corrected chi connectivity index (χ4v) is 4.31. The minimum Gasteiger partial charge on any atom is -0.474 e. The van der Waals surface area contributed by atoms with Gasteiger partial charge in [0.1, 0.15) is 12.2 Å². The van der Waals surface area contributed by atoms with Crippen molar-refractivity contribution in [2.75, 3.05) is 0 Å². The normalized spacial score (nSPS) is 22.5. The second-order valence-electron chi connectivity index (χ2n) is 7.89. The zero-order valence-corrected chi connectivity index (χ0v) is 16.3. The molecule has 2 atom stereocenters. The van der Waals surface area contributed by atoms with Gasteiger partial charge in [0.15, 0.2) is 0 Å². The summed E-state index contributed by atoms with van der Waals surface area (Å²) in [6, 6.07) is 7.97. The van der Waals surface area contributed by atoms with Crippen LogP contribution in [-0.4, -0.2) is 22.2 Å². The Morgan fingerprint density at radius 2 is 1.82 bits per heavy atom. The zero-order chi connectivity index (χ0) is 19.3. The highest BCUT2D eigenvalue weighted by Crippen LogP contribution is 2.37. The van der Waals surface area contributed by atoms with Gasteiger partial charge in [-0.15, -0.1) is 0 Å². The van der Waals surface area contributed by atoms with E-state index in [4.69, 9.17) is 25.9 Å². The Bertz CT molecular complexity index is 792. The fourth-order valence-electron chi connectivity index (χ4n) is 4.31. The van der Waals surface area contributed by atoms with Crippen LogP contribution >= 0.6 is 0 Å². The molecule has 2 heterocycles. The lowest BCUT2D eigenvalue weighted by molar-refractivity contribution is 0.195. The lowest BCUT2D eigenvalue weighted by Gasteiger charge is -2.17. The summed E-state index contributed by atoms with van der Waals surface area (Å²) in [6.45, 7) is 0.929. The Kier molecular flexibility index (Phi) is 6.07. The number of nitrogens with two attached hydrogens (primary N) is 2. The number of hydrogen-bond acceptors (Lipinski definition) is 6. The Morgan fingerprint density at radius 1 is 0.964 bits per heavy atom. The topological polar surface area (TPSA) is 96.3 Å². The van der Waals surface area contributed by atoms with Gasteiger partial charge >= 0.3 is 0 Å². The van der Waals surface area contributed by atoms with Gasteiger partial charge in [-0.2, -0.15) is 0 Å². The summed E-state index contributed by atoms with van der Waals surface area (Å²) in [4.78, 5) is 9.19. The molecule has 2 saturated carbocycles. The van der Waals surface area contributed by atoms with E-state index in [1.54, 1.807) is 6.20 Å². The van der Waals surface area contributed by atoms with Crippen LogP contribution in [0, 0.1) is 0 Å². The molecule has 150 valence electrons. The predicted molar refractivity (Wildman–Crippen MR) is 108 cm³/mol. The summed E-state index contributed by atoms with van der Waals surface area (Å²) >= 11 is 0. The third kappa shape index (κ3) is 4.45. The molecule has 0 saturated heterocycles. The van der Waals surface area contributed by atoms with Crippen LogP contribution in [0.4, 0.5) is 0 Å². The number of aromatic nitrogens is 2. The maximum atomic E-state index is 6.17. The molecule has 2 aromatic heterocycles. The first-order valence-electron chi connectivity index (χ1n) is 10.4. The van der Waals surface area contributed by atoms with E-state index in [1.807, 2.05) is 18.2 Å². The first kappa shape index (κ1) is 19.2. The average molecular weight is 383 g/mol. The van der Waals surface area contributed by atoms with E-state index in [0.29, 0.717) is 31.0 Å². The smallest absolute Gasteiger partial charge is 0.218 e. The molecule has 0 radical (unpaired) electrons. The van der Waals surface area contributed by atoms with Gasteiger partial charge in [0.25, 0.3) is 0 Å². The van der Waals surface area contributed by atoms with Crippen LogP contribution < -0.4 is 20.9 Å². The Morgan fingerprint density at radius 3 is 2.61 bits per heavy atom. The number of nitrogens with zero attached hydrogens (tertiary/aromatic N) is 2. The van der Waals surface area contributed by atoms with E-state index in [2.05, 4.69) is 11.1 Å². The molecule has 2 aliphatic carbocycles. The maximum absolute atomic E-state index is 6.17. The van der Waals surface area contributed by atoms with Crippen molar-refractivity contribution in [1.82, 2.24) is 9.97 Å². The summed E-state index contributed by atoms with van der Waals surface area (Å²) in [6.07, 6.45) is 9.86. The van der Waals surface area contributed by atoms with Crippen molar-refractivity contribution in [3.8, 4) is 11.8 Å². The SMILES string of the molecule is NCc1cc(OC2CCCC2)nc(C2CCC(Oc3ncccc3CN)C2)c1. The summed E-state index contributed by atoms with van der Waals surface area (Å²) < 4.78 is 12.3. The van der Waals surface area contributed by atoms with E-state index in [-0.39, 0.29) is 6.10 Å². The quantitative estimate of drug-likeness (QED) is 0.761. The van der Waals surface area contributed by atoms with Gasteiger partial charge in [-0.05, 0) is 62.6 Å². The number of pyridine rings is 2. The highest BCUT2D eigenvalue weighted by atomic mass is 16.5. The monoisotopic (exact) mass is 382 g/mol. The van der Waals surface area contributed by atoms with Gasteiger partial charge in [0.05, 0.1) is 0 Å². The molecule has 4 N–H and O–H groups in total. The van der Waals surface area contributed by atoms with Crippen LogP contribution in [0.3, 0.4) is 0 Å². The molecule has 4 rings (SSSR count). The van der Waals surface area contributed by atoms with Crippen LogP contribution in [-0.2, 0) is 13.1 Å². The fraction of sp³-hybridized carbons (Fsp3) is 0.545. The predicted octanol–water partition coefficient (Wildman–Crippen LogP) is 3.43. The zero-order valence-electron chi connectivity index (χ0n) is 16.3. The number of hydrogen-bond donors (Lipinski definition) is 2. The minimum atomic E-state index is 0.132. The van der Waals surface area contributed by atoms with Crippen LogP contribution in [0.5, 0.6) is 11.8 Å². The van der Waals surface area contributed by atoms with Gasteiger partial charge in [-0.1, -0.05) is 6.07 Å².